The van der Waals surface area contributed by atoms with E-state index in [0.29, 0.717) is 5.88 Å². The number of aryl methyl sites for hydroxylation is 1. The molecule has 3 nitrogen and oxygen atoms in total. The number of hydrogen-bond acceptors (Lipinski definition) is 3. The summed E-state index contributed by atoms with van der Waals surface area (Å²) < 4.78 is 0.922. The van der Waals surface area contributed by atoms with Crippen LogP contribution >= 0.6 is 15.9 Å². The molecule has 4 heteroatoms. The van der Waals surface area contributed by atoms with Crippen LogP contribution in [0.4, 0.5) is 0 Å². The van der Waals surface area contributed by atoms with Gasteiger partial charge in [0.25, 0.3) is 0 Å². The van der Waals surface area contributed by atoms with Crippen LogP contribution in [0.15, 0.2) is 16.7 Å². The van der Waals surface area contributed by atoms with E-state index < -0.39 is 0 Å². The SMILES string of the molecule is Cc1cc(Br)cnc1ON. The lowest BCUT2D eigenvalue weighted by molar-refractivity contribution is 0.318. The molecule has 10 heavy (non-hydrogen) atoms. The molecule has 2 N–H and O–H groups in total. The molecule has 0 amide bonds. The van der Waals surface area contributed by atoms with E-state index in [-0.39, 0.29) is 0 Å². The van der Waals surface area contributed by atoms with Gasteiger partial charge in [-0.3, -0.25) is 0 Å². The highest BCUT2D eigenvalue weighted by Gasteiger charge is 1.98. The van der Waals surface area contributed by atoms with E-state index >= 15 is 0 Å². The minimum Gasteiger partial charge on any atom is -0.391 e. The third kappa shape index (κ3) is 1.46. The van der Waals surface area contributed by atoms with Crippen molar-refractivity contribution < 1.29 is 4.84 Å². The summed E-state index contributed by atoms with van der Waals surface area (Å²) in [6.07, 6.45) is 1.63. The lowest BCUT2D eigenvalue weighted by Gasteiger charge is -2.00. The number of halogens is 1. The maximum absolute atomic E-state index is 4.92. The van der Waals surface area contributed by atoms with Crippen molar-refractivity contribution in [2.45, 2.75) is 6.92 Å². The van der Waals surface area contributed by atoms with Crippen molar-refractivity contribution in [2.24, 2.45) is 5.90 Å². The topological polar surface area (TPSA) is 48.1 Å². The minimum absolute atomic E-state index is 0.461. The summed E-state index contributed by atoms with van der Waals surface area (Å²) in [5, 5.41) is 0. The van der Waals surface area contributed by atoms with Gasteiger partial charge in [-0.2, -0.15) is 5.90 Å². The summed E-state index contributed by atoms with van der Waals surface area (Å²) >= 11 is 3.27. The van der Waals surface area contributed by atoms with E-state index in [4.69, 9.17) is 5.90 Å². The first kappa shape index (κ1) is 7.50. The molecular formula is C6H7BrN2O. The minimum atomic E-state index is 0.461. The smallest absolute Gasteiger partial charge is 0.240 e. The van der Waals surface area contributed by atoms with Crippen LogP contribution in [-0.2, 0) is 0 Å². The Morgan fingerprint density at radius 3 is 2.90 bits per heavy atom. The Balaban J connectivity index is 3.07. The summed E-state index contributed by atoms with van der Waals surface area (Å²) in [6, 6.07) is 1.88. The quantitative estimate of drug-likeness (QED) is 0.701. The molecule has 0 spiro atoms. The molecule has 0 radical (unpaired) electrons. The predicted octanol–water partition coefficient (Wildman–Crippen LogP) is 1.41. The second-order valence-corrected chi connectivity index (χ2v) is 2.81. The lowest BCUT2D eigenvalue weighted by atomic mass is 10.3. The van der Waals surface area contributed by atoms with E-state index in [1.54, 1.807) is 6.20 Å². The van der Waals surface area contributed by atoms with E-state index in [1.165, 1.54) is 0 Å². The van der Waals surface area contributed by atoms with Gasteiger partial charge in [-0.1, -0.05) is 0 Å². The summed E-state index contributed by atoms with van der Waals surface area (Å²) in [5.41, 5.74) is 0.914. The van der Waals surface area contributed by atoms with Gasteiger partial charge in [-0.15, -0.1) is 0 Å². The fraction of sp³-hybridized carbons (Fsp3) is 0.167. The Morgan fingerprint density at radius 1 is 1.70 bits per heavy atom. The number of pyridine rings is 1. The van der Waals surface area contributed by atoms with Crippen LogP contribution in [0.25, 0.3) is 0 Å². The number of aromatic nitrogens is 1. The highest BCUT2D eigenvalue weighted by molar-refractivity contribution is 9.10. The van der Waals surface area contributed by atoms with E-state index in [2.05, 4.69) is 25.8 Å². The van der Waals surface area contributed by atoms with Crippen molar-refractivity contribution in [1.82, 2.24) is 4.98 Å². The van der Waals surface area contributed by atoms with Gasteiger partial charge in [0.1, 0.15) is 0 Å². The predicted molar refractivity (Wildman–Crippen MR) is 41.5 cm³/mol. The average molecular weight is 203 g/mol. The van der Waals surface area contributed by atoms with Crippen LogP contribution in [0.5, 0.6) is 5.88 Å². The fourth-order valence-electron chi connectivity index (χ4n) is 0.651. The van der Waals surface area contributed by atoms with Crippen molar-refractivity contribution in [2.75, 3.05) is 0 Å². The molecule has 0 bridgehead atoms. The number of nitrogens with two attached hydrogens (primary N) is 1. The van der Waals surface area contributed by atoms with Crippen LogP contribution < -0.4 is 10.7 Å². The van der Waals surface area contributed by atoms with Crippen molar-refractivity contribution in [3.8, 4) is 5.88 Å². The van der Waals surface area contributed by atoms with E-state index in [9.17, 15) is 0 Å². The van der Waals surface area contributed by atoms with Crippen LogP contribution in [0.2, 0.25) is 0 Å². The first-order valence-electron chi connectivity index (χ1n) is 2.73. The molecule has 54 valence electrons. The standard InChI is InChI=1S/C6H7BrN2O/c1-4-2-5(7)3-9-6(4)10-8/h2-3H,8H2,1H3. The summed E-state index contributed by atoms with van der Waals surface area (Å²) in [4.78, 5) is 8.37. The lowest BCUT2D eigenvalue weighted by Crippen LogP contribution is -2.04. The largest absolute Gasteiger partial charge is 0.391 e. The Bertz CT molecular complexity index is 239. The summed E-state index contributed by atoms with van der Waals surface area (Å²) in [6.45, 7) is 1.87. The third-order valence-corrected chi connectivity index (χ3v) is 1.54. The van der Waals surface area contributed by atoms with Gasteiger partial charge in [0.15, 0.2) is 0 Å². The first-order valence-corrected chi connectivity index (χ1v) is 3.52. The maximum Gasteiger partial charge on any atom is 0.240 e. The highest BCUT2D eigenvalue weighted by atomic mass is 79.9. The Morgan fingerprint density at radius 2 is 2.40 bits per heavy atom. The number of hydrogen-bond donors (Lipinski definition) is 1. The van der Waals surface area contributed by atoms with Crippen molar-refractivity contribution in [3.05, 3.63) is 22.3 Å². The Hall–Kier alpha value is -0.610. The highest BCUT2D eigenvalue weighted by Crippen LogP contribution is 2.17. The molecule has 0 aromatic carbocycles. The molecule has 1 rings (SSSR count). The zero-order valence-electron chi connectivity index (χ0n) is 5.47. The molecule has 0 atom stereocenters. The zero-order chi connectivity index (χ0) is 7.56. The second kappa shape index (κ2) is 2.98. The average Bonchev–Trinajstić information content (AvgIpc) is 1.88. The molecule has 0 aliphatic carbocycles. The fourth-order valence-corrected chi connectivity index (χ4v) is 1.10. The van der Waals surface area contributed by atoms with Gasteiger partial charge >= 0.3 is 0 Å². The van der Waals surface area contributed by atoms with Crippen LogP contribution in [-0.4, -0.2) is 4.98 Å². The molecular weight excluding hydrogens is 196 g/mol. The molecule has 0 aliphatic rings. The number of nitrogens with zero attached hydrogens (tertiary/aromatic N) is 1. The molecule has 1 aromatic rings. The van der Waals surface area contributed by atoms with Crippen LogP contribution in [0.3, 0.4) is 0 Å². The summed E-state index contributed by atoms with van der Waals surface area (Å²) in [5.74, 6) is 5.38. The second-order valence-electron chi connectivity index (χ2n) is 1.89. The van der Waals surface area contributed by atoms with E-state index in [0.717, 1.165) is 10.0 Å². The first-order chi connectivity index (χ1) is 4.74. The van der Waals surface area contributed by atoms with Crippen LogP contribution in [0.1, 0.15) is 5.56 Å². The molecule has 0 saturated carbocycles. The van der Waals surface area contributed by atoms with Crippen molar-refractivity contribution in [3.63, 3.8) is 0 Å². The van der Waals surface area contributed by atoms with Crippen molar-refractivity contribution in [1.29, 1.82) is 0 Å². The van der Waals surface area contributed by atoms with Gasteiger partial charge in [0.05, 0.1) is 0 Å². The Labute approximate surface area is 67.3 Å². The van der Waals surface area contributed by atoms with Crippen molar-refractivity contribution >= 4 is 15.9 Å². The molecule has 0 saturated heterocycles. The van der Waals surface area contributed by atoms with Gasteiger partial charge in [0, 0.05) is 16.2 Å². The zero-order valence-corrected chi connectivity index (χ0v) is 7.05. The molecule has 1 aromatic heterocycles. The van der Waals surface area contributed by atoms with E-state index in [1.807, 2.05) is 13.0 Å². The van der Waals surface area contributed by atoms with Gasteiger partial charge in [0.2, 0.25) is 5.88 Å². The molecule has 0 fully saturated rings. The molecule has 0 unspecified atom stereocenters. The van der Waals surface area contributed by atoms with Gasteiger partial charge < -0.3 is 4.84 Å². The van der Waals surface area contributed by atoms with Gasteiger partial charge in [-0.05, 0) is 28.9 Å². The summed E-state index contributed by atoms with van der Waals surface area (Å²) in [7, 11) is 0. The Kier molecular flexibility index (Phi) is 2.24. The maximum atomic E-state index is 4.92. The number of rotatable bonds is 1. The monoisotopic (exact) mass is 202 g/mol. The van der Waals surface area contributed by atoms with Crippen LogP contribution in [0, 0.1) is 6.92 Å². The molecule has 0 aliphatic heterocycles. The third-order valence-electron chi connectivity index (χ3n) is 1.11. The molecule has 1 heterocycles. The van der Waals surface area contributed by atoms with Gasteiger partial charge in [-0.25, -0.2) is 4.98 Å². The normalized spacial score (nSPS) is 9.50.